The smallest absolute Gasteiger partial charge is 0.257 e. The molecule has 0 saturated carbocycles. The molecule has 0 aliphatic heterocycles. The zero-order valence-electron chi connectivity index (χ0n) is 14.3. The van der Waals surface area contributed by atoms with E-state index in [0.29, 0.717) is 17.3 Å². The standard InChI is InChI=1S/C18H21N3O2S2/c1-23-16-9-6-10-19-15(16)13-25-12-11-20-18(24-2)21-17(22)14-7-4-3-5-8-14/h3-10H,11-13H2,1-2H3,(H,20,21,22). The third-order valence-corrected chi connectivity index (χ3v) is 4.81. The number of hydrogen-bond donors (Lipinski definition) is 1. The zero-order valence-corrected chi connectivity index (χ0v) is 15.9. The molecular weight excluding hydrogens is 354 g/mol. The summed E-state index contributed by atoms with van der Waals surface area (Å²) in [4.78, 5) is 20.9. The number of carbonyl (C=O) groups excluding carboxylic acids is 1. The van der Waals surface area contributed by atoms with Crippen LogP contribution in [-0.2, 0) is 5.75 Å². The molecule has 1 aromatic carbocycles. The van der Waals surface area contributed by atoms with Crippen LogP contribution in [0.1, 0.15) is 16.1 Å². The van der Waals surface area contributed by atoms with E-state index in [1.807, 2.05) is 36.6 Å². The van der Waals surface area contributed by atoms with E-state index in [1.165, 1.54) is 11.8 Å². The van der Waals surface area contributed by atoms with Gasteiger partial charge in [-0.15, -0.1) is 0 Å². The number of hydrogen-bond acceptors (Lipinski definition) is 6. The van der Waals surface area contributed by atoms with Crippen LogP contribution >= 0.6 is 23.5 Å². The Hall–Kier alpha value is -1.99. The van der Waals surface area contributed by atoms with E-state index in [2.05, 4.69) is 15.3 Å². The first-order valence-electron chi connectivity index (χ1n) is 7.75. The molecule has 132 valence electrons. The van der Waals surface area contributed by atoms with E-state index in [4.69, 9.17) is 4.74 Å². The van der Waals surface area contributed by atoms with Gasteiger partial charge in [-0.1, -0.05) is 30.0 Å². The number of benzene rings is 1. The second-order valence-electron chi connectivity index (χ2n) is 4.92. The van der Waals surface area contributed by atoms with E-state index >= 15 is 0 Å². The van der Waals surface area contributed by atoms with E-state index in [-0.39, 0.29) is 5.91 Å². The Labute approximate surface area is 156 Å². The number of ether oxygens (including phenoxy) is 1. The van der Waals surface area contributed by atoms with Crippen molar-refractivity contribution in [1.29, 1.82) is 0 Å². The van der Waals surface area contributed by atoms with Crippen LogP contribution in [0.4, 0.5) is 0 Å². The molecule has 0 spiro atoms. The summed E-state index contributed by atoms with van der Waals surface area (Å²) in [5.74, 6) is 2.27. The number of rotatable bonds is 7. The van der Waals surface area contributed by atoms with E-state index < -0.39 is 0 Å². The maximum atomic E-state index is 12.1. The van der Waals surface area contributed by atoms with Gasteiger partial charge in [0.25, 0.3) is 5.91 Å². The summed E-state index contributed by atoms with van der Waals surface area (Å²) in [6, 6.07) is 12.9. The number of aliphatic imine (C=N–C) groups is 1. The van der Waals surface area contributed by atoms with Crippen molar-refractivity contribution >= 4 is 34.6 Å². The molecule has 1 amide bonds. The summed E-state index contributed by atoms with van der Waals surface area (Å²) in [6.07, 6.45) is 3.66. The Morgan fingerprint density at radius 2 is 2.04 bits per heavy atom. The van der Waals surface area contributed by atoms with Gasteiger partial charge in [-0.2, -0.15) is 11.8 Å². The molecule has 25 heavy (non-hydrogen) atoms. The minimum absolute atomic E-state index is 0.139. The molecule has 1 aromatic heterocycles. The van der Waals surface area contributed by atoms with Gasteiger partial charge in [0.15, 0.2) is 5.17 Å². The van der Waals surface area contributed by atoms with Gasteiger partial charge in [0, 0.05) is 23.3 Å². The summed E-state index contributed by atoms with van der Waals surface area (Å²) in [5, 5.41) is 3.47. The minimum atomic E-state index is -0.139. The molecule has 0 fully saturated rings. The molecule has 0 bridgehead atoms. The molecule has 0 saturated heterocycles. The van der Waals surface area contributed by atoms with Crippen molar-refractivity contribution in [3.05, 3.63) is 59.9 Å². The highest BCUT2D eigenvalue weighted by molar-refractivity contribution is 8.13. The fourth-order valence-corrected chi connectivity index (χ4v) is 3.20. The van der Waals surface area contributed by atoms with Crippen LogP contribution in [-0.4, -0.2) is 41.7 Å². The summed E-state index contributed by atoms with van der Waals surface area (Å²) in [5.41, 5.74) is 1.56. The molecule has 5 nitrogen and oxygen atoms in total. The quantitative estimate of drug-likeness (QED) is 0.456. The molecule has 2 aromatic rings. The van der Waals surface area contributed by atoms with Crippen LogP contribution in [0.15, 0.2) is 53.7 Å². The Kier molecular flexibility index (Phi) is 8.34. The summed E-state index contributed by atoms with van der Waals surface area (Å²) in [7, 11) is 1.65. The normalized spacial score (nSPS) is 11.2. The Morgan fingerprint density at radius 1 is 1.24 bits per heavy atom. The number of amides is 1. The number of nitrogens with zero attached hydrogens (tertiary/aromatic N) is 2. The average Bonchev–Trinajstić information content (AvgIpc) is 2.67. The van der Waals surface area contributed by atoms with E-state index in [0.717, 1.165) is 22.9 Å². The molecule has 0 aliphatic carbocycles. The Bertz CT molecular complexity index is 708. The Balaban J connectivity index is 1.78. The number of aromatic nitrogens is 1. The van der Waals surface area contributed by atoms with Gasteiger partial charge < -0.3 is 10.1 Å². The average molecular weight is 376 g/mol. The molecule has 2 rings (SSSR count). The molecule has 1 heterocycles. The van der Waals surface area contributed by atoms with Crippen molar-refractivity contribution in [2.24, 2.45) is 4.99 Å². The lowest BCUT2D eigenvalue weighted by Crippen LogP contribution is -2.28. The fourth-order valence-electron chi connectivity index (χ4n) is 2.01. The number of nitrogens with one attached hydrogen (secondary N) is 1. The maximum absolute atomic E-state index is 12.1. The summed E-state index contributed by atoms with van der Waals surface area (Å²) >= 11 is 3.16. The van der Waals surface area contributed by atoms with Crippen LogP contribution in [0.25, 0.3) is 0 Å². The molecule has 0 unspecified atom stereocenters. The third kappa shape index (κ3) is 6.43. The first kappa shape index (κ1) is 19.3. The van der Waals surface area contributed by atoms with Crippen molar-refractivity contribution < 1.29 is 9.53 Å². The second kappa shape index (κ2) is 10.8. The number of methoxy groups -OCH3 is 1. The third-order valence-electron chi connectivity index (χ3n) is 3.25. The van der Waals surface area contributed by atoms with Crippen LogP contribution in [0, 0.1) is 0 Å². The van der Waals surface area contributed by atoms with Gasteiger partial charge in [0.2, 0.25) is 0 Å². The summed E-state index contributed by atoms with van der Waals surface area (Å²) < 4.78 is 5.29. The predicted molar refractivity (Wildman–Crippen MR) is 107 cm³/mol. The minimum Gasteiger partial charge on any atom is -0.495 e. The van der Waals surface area contributed by atoms with Gasteiger partial charge in [-0.25, -0.2) is 0 Å². The van der Waals surface area contributed by atoms with Crippen LogP contribution < -0.4 is 10.1 Å². The largest absolute Gasteiger partial charge is 0.495 e. The van der Waals surface area contributed by atoms with Crippen molar-refractivity contribution in [2.45, 2.75) is 5.75 Å². The number of thioether (sulfide) groups is 2. The van der Waals surface area contributed by atoms with Gasteiger partial charge in [-0.05, 0) is 30.5 Å². The van der Waals surface area contributed by atoms with Gasteiger partial charge >= 0.3 is 0 Å². The van der Waals surface area contributed by atoms with Crippen LogP contribution in [0.5, 0.6) is 5.75 Å². The second-order valence-corrected chi connectivity index (χ2v) is 6.82. The zero-order chi connectivity index (χ0) is 17.9. The van der Waals surface area contributed by atoms with Gasteiger partial charge in [0.1, 0.15) is 5.75 Å². The maximum Gasteiger partial charge on any atom is 0.257 e. The number of pyridine rings is 1. The lowest BCUT2D eigenvalue weighted by atomic mass is 10.2. The van der Waals surface area contributed by atoms with Crippen molar-refractivity contribution in [3.8, 4) is 5.75 Å². The lowest BCUT2D eigenvalue weighted by Gasteiger charge is -2.07. The summed E-state index contributed by atoms with van der Waals surface area (Å²) in [6.45, 7) is 0.630. The first-order chi connectivity index (χ1) is 12.2. The predicted octanol–water partition coefficient (Wildman–Crippen LogP) is 3.47. The molecular formula is C18H21N3O2S2. The highest BCUT2D eigenvalue weighted by atomic mass is 32.2. The SMILES string of the molecule is COc1cccnc1CSCCN=C(NC(=O)c1ccccc1)SC. The molecule has 0 atom stereocenters. The van der Waals surface area contributed by atoms with Crippen LogP contribution in [0.2, 0.25) is 0 Å². The van der Waals surface area contributed by atoms with Crippen molar-refractivity contribution in [2.75, 3.05) is 25.7 Å². The fraction of sp³-hybridized carbons (Fsp3) is 0.278. The highest BCUT2D eigenvalue weighted by Gasteiger charge is 2.07. The van der Waals surface area contributed by atoms with E-state index in [1.54, 1.807) is 37.2 Å². The molecule has 7 heteroatoms. The topological polar surface area (TPSA) is 63.6 Å². The number of carbonyl (C=O) groups is 1. The molecule has 0 radical (unpaired) electrons. The van der Waals surface area contributed by atoms with Crippen LogP contribution in [0.3, 0.4) is 0 Å². The highest BCUT2D eigenvalue weighted by Crippen LogP contribution is 2.20. The van der Waals surface area contributed by atoms with E-state index in [9.17, 15) is 4.79 Å². The monoisotopic (exact) mass is 375 g/mol. The Morgan fingerprint density at radius 3 is 2.76 bits per heavy atom. The molecule has 0 aliphatic rings. The van der Waals surface area contributed by atoms with Crippen molar-refractivity contribution in [1.82, 2.24) is 10.3 Å². The molecule has 1 N–H and O–H groups in total. The first-order valence-corrected chi connectivity index (χ1v) is 10.1. The lowest BCUT2D eigenvalue weighted by molar-refractivity contribution is 0.0978. The van der Waals surface area contributed by atoms with Gasteiger partial charge in [0.05, 0.1) is 19.3 Å². The van der Waals surface area contributed by atoms with Gasteiger partial charge in [-0.3, -0.25) is 14.8 Å². The number of amidine groups is 1. The van der Waals surface area contributed by atoms with Crippen molar-refractivity contribution in [3.63, 3.8) is 0 Å².